The summed E-state index contributed by atoms with van der Waals surface area (Å²) in [5, 5.41) is 4.68. The van der Waals surface area contributed by atoms with E-state index in [1.165, 1.54) is 13.1 Å². The van der Waals surface area contributed by atoms with Crippen molar-refractivity contribution in [3.05, 3.63) is 71.8 Å². The number of Topliss-reactive ketones (excluding diaryl/α,β-unsaturated/α-hetero) is 1. The van der Waals surface area contributed by atoms with Crippen LogP contribution in [0.15, 0.2) is 65.6 Å². The molecule has 2 N–H and O–H groups in total. The number of ketones is 1. The van der Waals surface area contributed by atoms with Crippen molar-refractivity contribution in [2.45, 2.75) is 24.7 Å². The second-order valence-electron chi connectivity index (χ2n) is 6.72. The first-order valence-corrected chi connectivity index (χ1v) is 10.6. The topological polar surface area (TPSA) is 92.3 Å². The summed E-state index contributed by atoms with van der Waals surface area (Å²) in [7, 11) is -2.29. The van der Waals surface area contributed by atoms with Crippen molar-refractivity contribution in [3.63, 3.8) is 0 Å². The molecule has 3 aromatic rings. The van der Waals surface area contributed by atoms with Gasteiger partial charge in [-0.1, -0.05) is 42.5 Å². The van der Waals surface area contributed by atoms with Crippen molar-refractivity contribution in [2.75, 3.05) is 12.4 Å². The first kappa shape index (κ1) is 20.7. The summed E-state index contributed by atoms with van der Waals surface area (Å²) in [6.45, 7) is 1.68. The Labute approximate surface area is 170 Å². The maximum atomic E-state index is 12.4. The van der Waals surface area contributed by atoms with Crippen LogP contribution in [0.25, 0.3) is 10.8 Å². The van der Waals surface area contributed by atoms with Crippen LogP contribution in [0, 0.1) is 6.92 Å². The molecule has 0 spiro atoms. The summed E-state index contributed by atoms with van der Waals surface area (Å²) in [5.74, 6) is -0.468. The number of hydrogen-bond acceptors (Lipinski definition) is 4. The highest BCUT2D eigenvalue weighted by molar-refractivity contribution is 7.89. The van der Waals surface area contributed by atoms with Crippen molar-refractivity contribution in [1.82, 2.24) is 4.72 Å². The van der Waals surface area contributed by atoms with Crippen molar-refractivity contribution in [2.24, 2.45) is 0 Å². The molecule has 0 radical (unpaired) electrons. The van der Waals surface area contributed by atoms with E-state index >= 15 is 0 Å². The van der Waals surface area contributed by atoms with Gasteiger partial charge in [0.05, 0.1) is 4.90 Å². The quantitative estimate of drug-likeness (QED) is 0.582. The van der Waals surface area contributed by atoms with Crippen LogP contribution in [-0.4, -0.2) is 27.2 Å². The van der Waals surface area contributed by atoms with E-state index in [2.05, 4.69) is 10.0 Å². The molecule has 29 heavy (non-hydrogen) atoms. The van der Waals surface area contributed by atoms with Crippen molar-refractivity contribution in [3.8, 4) is 0 Å². The predicted octanol–water partition coefficient (Wildman–Crippen LogP) is 3.66. The molecule has 7 heteroatoms. The number of aryl methyl sites for hydroxylation is 1. The van der Waals surface area contributed by atoms with Gasteiger partial charge in [-0.3, -0.25) is 9.59 Å². The van der Waals surface area contributed by atoms with E-state index in [0.717, 1.165) is 10.8 Å². The van der Waals surface area contributed by atoms with Gasteiger partial charge in [-0.25, -0.2) is 13.1 Å². The molecule has 0 fully saturated rings. The van der Waals surface area contributed by atoms with Gasteiger partial charge in [0.25, 0.3) is 0 Å². The maximum absolute atomic E-state index is 12.4. The Kier molecular flexibility index (Phi) is 6.10. The summed E-state index contributed by atoms with van der Waals surface area (Å²) < 4.78 is 26.4. The van der Waals surface area contributed by atoms with Gasteiger partial charge in [-0.15, -0.1) is 0 Å². The first-order chi connectivity index (χ1) is 13.8. The normalized spacial score (nSPS) is 11.4. The lowest BCUT2D eigenvalue weighted by Gasteiger charge is -2.10. The van der Waals surface area contributed by atoms with Crippen LogP contribution < -0.4 is 10.0 Å². The van der Waals surface area contributed by atoms with Crippen LogP contribution in [0.5, 0.6) is 0 Å². The third-order valence-corrected chi connectivity index (χ3v) is 6.24. The molecule has 1 amide bonds. The molecule has 0 aromatic heterocycles. The number of carbonyl (C=O) groups is 2. The summed E-state index contributed by atoms with van der Waals surface area (Å²) in [6.07, 6.45) is 0.0748. The first-order valence-electron chi connectivity index (χ1n) is 9.16. The van der Waals surface area contributed by atoms with Gasteiger partial charge in [0.15, 0.2) is 5.78 Å². The second kappa shape index (κ2) is 8.55. The Hall–Kier alpha value is -3.03. The van der Waals surface area contributed by atoms with Crippen molar-refractivity contribution >= 4 is 38.2 Å². The molecule has 0 atom stereocenters. The second-order valence-corrected chi connectivity index (χ2v) is 8.58. The lowest BCUT2D eigenvalue weighted by molar-refractivity contribution is -0.116. The lowest BCUT2D eigenvalue weighted by atomic mass is 10.0. The zero-order chi connectivity index (χ0) is 21.0. The van der Waals surface area contributed by atoms with Gasteiger partial charge in [0.2, 0.25) is 15.9 Å². The van der Waals surface area contributed by atoms with E-state index in [-0.39, 0.29) is 29.4 Å². The van der Waals surface area contributed by atoms with Gasteiger partial charge < -0.3 is 5.32 Å². The highest BCUT2D eigenvalue weighted by atomic mass is 32.2. The Morgan fingerprint density at radius 3 is 2.34 bits per heavy atom. The third-order valence-electron chi connectivity index (χ3n) is 4.68. The van der Waals surface area contributed by atoms with Gasteiger partial charge in [0.1, 0.15) is 0 Å². The van der Waals surface area contributed by atoms with Crippen LogP contribution in [-0.2, 0) is 14.8 Å². The highest BCUT2D eigenvalue weighted by Gasteiger charge is 2.16. The van der Waals surface area contributed by atoms with Crippen LogP contribution in [0.3, 0.4) is 0 Å². The number of anilines is 1. The molecule has 150 valence electrons. The summed E-state index contributed by atoms with van der Waals surface area (Å²) in [4.78, 5) is 24.8. The Morgan fingerprint density at radius 2 is 1.62 bits per heavy atom. The van der Waals surface area contributed by atoms with E-state index in [1.54, 1.807) is 25.1 Å². The molecule has 0 saturated carbocycles. The predicted molar refractivity (Wildman–Crippen MR) is 114 cm³/mol. The van der Waals surface area contributed by atoms with E-state index in [0.29, 0.717) is 16.8 Å². The third kappa shape index (κ3) is 4.88. The zero-order valence-corrected chi connectivity index (χ0v) is 17.0. The SMILES string of the molecule is CNS(=O)(=O)c1cc(NC(=O)CCC(=O)c2ccc3ccccc3c2)ccc1C. The average Bonchev–Trinajstić information content (AvgIpc) is 2.72. The van der Waals surface area contributed by atoms with Gasteiger partial charge in [-0.05, 0) is 48.5 Å². The number of nitrogens with one attached hydrogen (secondary N) is 2. The highest BCUT2D eigenvalue weighted by Crippen LogP contribution is 2.21. The minimum absolute atomic E-state index is 0.00759. The number of benzene rings is 3. The molecule has 0 bridgehead atoms. The van der Waals surface area contributed by atoms with Crippen LogP contribution in [0.1, 0.15) is 28.8 Å². The number of fused-ring (bicyclic) bond motifs is 1. The molecule has 3 rings (SSSR count). The minimum Gasteiger partial charge on any atom is -0.326 e. The maximum Gasteiger partial charge on any atom is 0.240 e. The Morgan fingerprint density at radius 1 is 0.897 bits per heavy atom. The largest absolute Gasteiger partial charge is 0.326 e. The van der Waals surface area contributed by atoms with E-state index in [1.807, 2.05) is 36.4 Å². The summed E-state index contributed by atoms with van der Waals surface area (Å²) in [6, 6.07) is 17.9. The fourth-order valence-electron chi connectivity index (χ4n) is 3.03. The molecular formula is C22H22N2O4S. The summed E-state index contributed by atoms with van der Waals surface area (Å²) in [5.41, 5.74) is 1.51. The smallest absolute Gasteiger partial charge is 0.240 e. The zero-order valence-electron chi connectivity index (χ0n) is 16.2. The molecule has 0 heterocycles. The molecule has 0 saturated heterocycles. The minimum atomic E-state index is -3.62. The van der Waals surface area contributed by atoms with Gasteiger partial charge >= 0.3 is 0 Å². The average molecular weight is 410 g/mol. The van der Waals surface area contributed by atoms with Crippen molar-refractivity contribution < 1.29 is 18.0 Å². The Bertz CT molecular complexity index is 1190. The Balaban J connectivity index is 1.65. The van der Waals surface area contributed by atoms with E-state index in [4.69, 9.17) is 0 Å². The molecular weight excluding hydrogens is 388 g/mol. The van der Waals surface area contributed by atoms with E-state index in [9.17, 15) is 18.0 Å². The van der Waals surface area contributed by atoms with Crippen molar-refractivity contribution in [1.29, 1.82) is 0 Å². The molecule has 3 aromatic carbocycles. The van der Waals surface area contributed by atoms with Crippen LogP contribution in [0.4, 0.5) is 5.69 Å². The van der Waals surface area contributed by atoms with Crippen LogP contribution in [0.2, 0.25) is 0 Å². The number of hydrogen-bond donors (Lipinski definition) is 2. The van der Waals surface area contributed by atoms with Gasteiger partial charge in [0, 0.05) is 24.1 Å². The number of carbonyl (C=O) groups excluding carboxylic acids is 2. The fraction of sp³-hybridized carbons (Fsp3) is 0.182. The standard InChI is InChI=1S/C22H22N2O4S/c1-15-7-10-19(14-21(15)29(27,28)23-2)24-22(26)12-11-20(25)18-9-8-16-5-3-4-6-17(16)13-18/h3-10,13-14,23H,11-12H2,1-2H3,(H,24,26). The van der Waals surface area contributed by atoms with Crippen LogP contribution >= 0.6 is 0 Å². The number of sulfonamides is 1. The molecule has 0 aliphatic rings. The molecule has 0 unspecified atom stereocenters. The molecule has 0 aliphatic heterocycles. The van der Waals surface area contributed by atoms with Gasteiger partial charge in [-0.2, -0.15) is 0 Å². The fourth-order valence-corrected chi connectivity index (χ4v) is 4.03. The molecule has 6 nitrogen and oxygen atoms in total. The number of amides is 1. The molecule has 0 aliphatic carbocycles. The summed E-state index contributed by atoms with van der Waals surface area (Å²) >= 11 is 0. The van der Waals surface area contributed by atoms with E-state index < -0.39 is 10.0 Å². The lowest BCUT2D eigenvalue weighted by Crippen LogP contribution is -2.20. The monoisotopic (exact) mass is 410 g/mol. The number of rotatable bonds is 7.